The van der Waals surface area contributed by atoms with Crippen LogP contribution in [0.5, 0.6) is 5.75 Å². The third-order valence-corrected chi connectivity index (χ3v) is 3.77. The van der Waals surface area contributed by atoms with E-state index < -0.39 is 0 Å². The Hall–Kier alpha value is -0.710. The molecule has 1 rings (SSSR count). The van der Waals surface area contributed by atoms with Crippen molar-refractivity contribution in [1.82, 2.24) is 9.62 Å². The van der Waals surface area contributed by atoms with Crippen molar-refractivity contribution in [2.75, 3.05) is 33.8 Å². The van der Waals surface area contributed by atoms with Gasteiger partial charge in [0.25, 0.3) is 0 Å². The van der Waals surface area contributed by atoms with E-state index in [0.29, 0.717) is 5.92 Å². The Balaban J connectivity index is 2.53. The zero-order chi connectivity index (χ0) is 14.1. The van der Waals surface area contributed by atoms with Gasteiger partial charge in [0, 0.05) is 18.0 Å². The third-order valence-electron chi connectivity index (χ3n) is 2.70. The number of ether oxygens (including phenoxy) is 1. The second kappa shape index (κ2) is 9.23. The number of nitrogens with one attached hydrogen (secondary N) is 1. The quantitative estimate of drug-likeness (QED) is 0.555. The van der Waals surface area contributed by atoms with Crippen LogP contribution >= 0.6 is 11.9 Å². The van der Waals surface area contributed by atoms with Gasteiger partial charge in [-0.15, -0.1) is 0 Å². The number of benzene rings is 1. The molecule has 3 nitrogen and oxygen atoms in total. The monoisotopic (exact) mass is 282 g/mol. The molecule has 0 spiro atoms. The molecular weight excluding hydrogens is 256 g/mol. The smallest absolute Gasteiger partial charge is 0.118 e. The molecule has 1 N–H and O–H groups in total. The average Bonchev–Trinajstić information content (AvgIpc) is 2.39. The summed E-state index contributed by atoms with van der Waals surface area (Å²) in [6, 6.07) is 8.27. The fourth-order valence-corrected chi connectivity index (χ4v) is 2.95. The minimum Gasteiger partial charge on any atom is -0.497 e. The van der Waals surface area contributed by atoms with E-state index in [1.54, 1.807) is 7.11 Å². The molecule has 0 aliphatic rings. The van der Waals surface area contributed by atoms with Gasteiger partial charge >= 0.3 is 0 Å². The number of hydrogen-bond acceptors (Lipinski definition) is 4. The Morgan fingerprint density at radius 2 is 1.95 bits per heavy atom. The molecule has 0 aromatic heterocycles. The zero-order valence-electron chi connectivity index (χ0n) is 12.5. The fraction of sp³-hybridized carbons (Fsp3) is 0.600. The molecule has 0 fully saturated rings. The highest BCUT2D eigenvalue weighted by atomic mass is 32.2. The highest BCUT2D eigenvalue weighted by Gasteiger charge is 2.09. The summed E-state index contributed by atoms with van der Waals surface area (Å²) in [4.78, 5) is 1.27. The molecule has 1 aromatic rings. The highest BCUT2D eigenvalue weighted by Crippen LogP contribution is 2.25. The van der Waals surface area contributed by atoms with Crippen LogP contribution in [0.25, 0.3) is 0 Å². The van der Waals surface area contributed by atoms with Crippen LogP contribution in [0.2, 0.25) is 0 Å². The summed E-state index contributed by atoms with van der Waals surface area (Å²) in [5, 5.41) is 3.20. The van der Waals surface area contributed by atoms with E-state index in [0.717, 1.165) is 25.4 Å². The van der Waals surface area contributed by atoms with Crippen LogP contribution < -0.4 is 10.1 Å². The Kier molecular flexibility index (Phi) is 7.94. The van der Waals surface area contributed by atoms with Crippen LogP contribution in [-0.2, 0) is 0 Å². The van der Waals surface area contributed by atoms with Gasteiger partial charge in [-0.05, 0) is 62.1 Å². The first-order chi connectivity index (χ1) is 9.15. The zero-order valence-corrected chi connectivity index (χ0v) is 13.3. The second-order valence-electron chi connectivity index (χ2n) is 5.01. The topological polar surface area (TPSA) is 24.5 Å². The minimum atomic E-state index is 0.681. The lowest BCUT2D eigenvalue weighted by Gasteiger charge is -2.23. The molecule has 0 atom stereocenters. The van der Waals surface area contributed by atoms with Gasteiger partial charge in [0.05, 0.1) is 7.11 Å². The van der Waals surface area contributed by atoms with E-state index in [2.05, 4.69) is 35.6 Å². The molecule has 108 valence electrons. The van der Waals surface area contributed by atoms with E-state index >= 15 is 0 Å². The third kappa shape index (κ3) is 6.85. The minimum absolute atomic E-state index is 0.681. The molecular formula is C15H26N2OS. The molecule has 0 bridgehead atoms. The van der Waals surface area contributed by atoms with Gasteiger partial charge in [-0.2, -0.15) is 0 Å². The maximum Gasteiger partial charge on any atom is 0.118 e. The van der Waals surface area contributed by atoms with Crippen molar-refractivity contribution >= 4 is 11.9 Å². The Morgan fingerprint density at radius 3 is 2.47 bits per heavy atom. The molecule has 0 heterocycles. The molecule has 0 aliphatic carbocycles. The summed E-state index contributed by atoms with van der Waals surface area (Å²) in [5.41, 5.74) is 0. The van der Waals surface area contributed by atoms with E-state index in [1.165, 1.54) is 11.3 Å². The van der Waals surface area contributed by atoms with Crippen LogP contribution in [0.1, 0.15) is 20.3 Å². The summed E-state index contributed by atoms with van der Waals surface area (Å²) in [5.74, 6) is 1.59. The first-order valence-electron chi connectivity index (χ1n) is 6.87. The average molecular weight is 282 g/mol. The number of methoxy groups -OCH3 is 1. The summed E-state index contributed by atoms with van der Waals surface area (Å²) < 4.78 is 7.64. The second-order valence-corrected chi connectivity index (χ2v) is 6.18. The molecule has 4 heteroatoms. The van der Waals surface area contributed by atoms with Crippen molar-refractivity contribution in [3.63, 3.8) is 0 Å². The summed E-state index contributed by atoms with van der Waals surface area (Å²) in [6.45, 7) is 7.81. The molecule has 0 aliphatic heterocycles. The largest absolute Gasteiger partial charge is 0.497 e. The van der Waals surface area contributed by atoms with Gasteiger partial charge in [-0.25, -0.2) is 4.31 Å². The summed E-state index contributed by atoms with van der Waals surface area (Å²) in [6.07, 6.45) is 1.17. The van der Waals surface area contributed by atoms with Gasteiger partial charge in [-0.1, -0.05) is 13.8 Å². The Bertz CT molecular complexity index is 341. The van der Waals surface area contributed by atoms with E-state index in [1.807, 2.05) is 31.1 Å². The lowest BCUT2D eigenvalue weighted by molar-refractivity contribution is 0.398. The molecule has 0 unspecified atom stereocenters. The predicted octanol–water partition coefficient (Wildman–Crippen LogP) is 3.27. The van der Waals surface area contributed by atoms with Crippen molar-refractivity contribution in [3.8, 4) is 5.75 Å². The van der Waals surface area contributed by atoms with Crippen molar-refractivity contribution < 1.29 is 4.74 Å². The lowest BCUT2D eigenvalue weighted by atomic mass is 10.2. The molecule has 0 saturated carbocycles. The standard InChI is InChI=1S/C15H26N2OS/c1-13(2)12-17(11-5-10-16-3)19-15-8-6-14(18-4)7-9-15/h6-9,13,16H,5,10-12H2,1-4H3. The molecule has 0 saturated heterocycles. The van der Waals surface area contributed by atoms with Gasteiger partial charge in [0.15, 0.2) is 0 Å². The van der Waals surface area contributed by atoms with Crippen molar-refractivity contribution in [3.05, 3.63) is 24.3 Å². The molecule has 0 radical (unpaired) electrons. The molecule has 19 heavy (non-hydrogen) atoms. The van der Waals surface area contributed by atoms with Crippen LogP contribution in [0, 0.1) is 5.92 Å². The van der Waals surface area contributed by atoms with Crippen LogP contribution in [0.15, 0.2) is 29.2 Å². The maximum absolute atomic E-state index is 5.19. The van der Waals surface area contributed by atoms with Gasteiger partial charge in [0.1, 0.15) is 5.75 Å². The van der Waals surface area contributed by atoms with E-state index in [-0.39, 0.29) is 0 Å². The van der Waals surface area contributed by atoms with Crippen LogP contribution in [-0.4, -0.2) is 38.1 Å². The van der Waals surface area contributed by atoms with Crippen LogP contribution in [0.4, 0.5) is 0 Å². The first kappa shape index (κ1) is 16.3. The first-order valence-corrected chi connectivity index (χ1v) is 7.64. The normalized spacial score (nSPS) is 11.3. The predicted molar refractivity (Wildman–Crippen MR) is 83.8 cm³/mol. The Labute approximate surface area is 121 Å². The number of hydrogen-bond donors (Lipinski definition) is 1. The van der Waals surface area contributed by atoms with E-state index in [9.17, 15) is 0 Å². The lowest BCUT2D eigenvalue weighted by Crippen LogP contribution is -2.24. The summed E-state index contributed by atoms with van der Waals surface area (Å²) in [7, 11) is 3.70. The molecule has 1 aromatic carbocycles. The van der Waals surface area contributed by atoms with Crippen molar-refractivity contribution in [2.24, 2.45) is 5.92 Å². The SMILES string of the molecule is CNCCCN(CC(C)C)Sc1ccc(OC)cc1. The fourth-order valence-electron chi connectivity index (χ4n) is 1.80. The van der Waals surface area contributed by atoms with E-state index in [4.69, 9.17) is 4.74 Å². The Morgan fingerprint density at radius 1 is 1.26 bits per heavy atom. The summed E-state index contributed by atoms with van der Waals surface area (Å²) >= 11 is 1.84. The van der Waals surface area contributed by atoms with Gasteiger partial charge < -0.3 is 10.1 Å². The highest BCUT2D eigenvalue weighted by molar-refractivity contribution is 7.97. The number of rotatable bonds is 9. The van der Waals surface area contributed by atoms with Gasteiger partial charge in [0.2, 0.25) is 0 Å². The van der Waals surface area contributed by atoms with Gasteiger partial charge in [-0.3, -0.25) is 0 Å². The van der Waals surface area contributed by atoms with Crippen molar-refractivity contribution in [1.29, 1.82) is 0 Å². The van der Waals surface area contributed by atoms with Crippen molar-refractivity contribution in [2.45, 2.75) is 25.2 Å². The number of nitrogens with zero attached hydrogens (tertiary/aromatic N) is 1. The van der Waals surface area contributed by atoms with Crippen LogP contribution in [0.3, 0.4) is 0 Å². The maximum atomic E-state index is 5.19. The molecule has 0 amide bonds.